The molecular formula is C14H11Cl2NO4. The molecule has 2 N–H and O–H groups in total. The van der Waals surface area contributed by atoms with Crippen LogP contribution in [0.4, 0.5) is 4.79 Å². The Kier molecular flexibility index (Phi) is 2.97. The number of hydrogen-bond donors (Lipinski definition) is 2. The summed E-state index contributed by atoms with van der Waals surface area (Å²) in [5.74, 6) is -1.01. The van der Waals surface area contributed by atoms with Crippen LogP contribution >= 0.6 is 23.2 Å². The van der Waals surface area contributed by atoms with E-state index in [1.807, 2.05) is 0 Å². The molecule has 0 spiro atoms. The Labute approximate surface area is 130 Å². The van der Waals surface area contributed by atoms with E-state index in [1.165, 1.54) is 6.20 Å². The predicted octanol–water partition coefficient (Wildman–Crippen LogP) is 3.21. The third kappa shape index (κ3) is 1.84. The van der Waals surface area contributed by atoms with Crippen molar-refractivity contribution >= 4 is 35.3 Å². The molecule has 1 amide bonds. The lowest BCUT2D eigenvalue weighted by molar-refractivity contribution is -0.144. The Hall–Kier alpha value is -1.72. The van der Waals surface area contributed by atoms with Gasteiger partial charge in [-0.15, -0.1) is 0 Å². The Morgan fingerprint density at radius 3 is 2.48 bits per heavy atom. The van der Waals surface area contributed by atoms with Gasteiger partial charge < -0.3 is 10.2 Å². The van der Waals surface area contributed by atoms with E-state index in [1.54, 1.807) is 24.3 Å². The summed E-state index contributed by atoms with van der Waals surface area (Å²) in [5, 5.41) is 19.4. The maximum atomic E-state index is 11.7. The molecule has 1 aliphatic heterocycles. The van der Waals surface area contributed by atoms with Crippen LogP contribution in [-0.4, -0.2) is 33.7 Å². The van der Waals surface area contributed by atoms with E-state index in [-0.39, 0.29) is 6.54 Å². The van der Waals surface area contributed by atoms with Gasteiger partial charge in [0.05, 0.1) is 10.0 Å². The summed E-state index contributed by atoms with van der Waals surface area (Å²) in [7, 11) is 0. The first-order chi connectivity index (χ1) is 9.82. The first-order valence-corrected chi connectivity index (χ1v) is 6.96. The summed E-state index contributed by atoms with van der Waals surface area (Å²) in [6, 6.07) is 5.01. The summed E-state index contributed by atoms with van der Waals surface area (Å²) in [4.78, 5) is 23.8. The number of halogens is 2. The summed E-state index contributed by atoms with van der Waals surface area (Å²) in [6.45, 7) is -0.0750. The van der Waals surface area contributed by atoms with Crippen molar-refractivity contribution in [1.29, 1.82) is 0 Å². The van der Waals surface area contributed by atoms with E-state index in [0.717, 1.165) is 10.5 Å². The second-order valence-corrected chi connectivity index (χ2v) is 6.20. The largest absolute Gasteiger partial charge is 0.481 e. The highest BCUT2D eigenvalue weighted by Crippen LogP contribution is 2.68. The standard InChI is InChI=1S/C14H11Cl2NO4/c15-9-2-1-8(5-10(9)16)13-3-4-17(12(20)21)7-14(13,6-13)11(18)19/h1-5H,6-7H2,(H,18,19)(H,20,21)/t13-,14-/m0/s1. The zero-order valence-electron chi connectivity index (χ0n) is 10.7. The number of allylic oxidation sites excluding steroid dienone is 1. The molecule has 0 bridgehead atoms. The molecule has 2 aliphatic rings. The minimum absolute atomic E-state index is 0.0750. The van der Waals surface area contributed by atoms with Gasteiger partial charge in [-0.05, 0) is 24.1 Å². The Morgan fingerprint density at radius 2 is 1.90 bits per heavy atom. The van der Waals surface area contributed by atoms with Gasteiger partial charge in [0, 0.05) is 18.2 Å². The Bertz CT molecular complexity index is 690. The van der Waals surface area contributed by atoms with E-state index in [0.29, 0.717) is 16.5 Å². The second kappa shape index (κ2) is 4.39. The van der Waals surface area contributed by atoms with Crippen molar-refractivity contribution in [3.05, 3.63) is 46.1 Å². The minimum atomic E-state index is -1.17. The lowest BCUT2D eigenvalue weighted by Crippen LogP contribution is -2.41. The van der Waals surface area contributed by atoms with Crippen LogP contribution < -0.4 is 0 Å². The molecule has 0 radical (unpaired) electrons. The lowest BCUT2D eigenvalue weighted by atomic mass is 9.83. The molecule has 1 fully saturated rings. The fourth-order valence-corrected chi connectivity index (χ4v) is 3.42. The third-order valence-corrected chi connectivity index (χ3v) is 5.12. The number of hydrogen-bond acceptors (Lipinski definition) is 2. The van der Waals surface area contributed by atoms with E-state index in [2.05, 4.69) is 0 Å². The second-order valence-electron chi connectivity index (χ2n) is 5.39. The molecule has 1 saturated carbocycles. The predicted molar refractivity (Wildman–Crippen MR) is 76.7 cm³/mol. The van der Waals surface area contributed by atoms with Crippen molar-refractivity contribution in [2.75, 3.05) is 6.54 Å². The van der Waals surface area contributed by atoms with E-state index >= 15 is 0 Å². The van der Waals surface area contributed by atoms with Crippen LogP contribution in [0, 0.1) is 5.41 Å². The smallest absolute Gasteiger partial charge is 0.411 e. The third-order valence-electron chi connectivity index (χ3n) is 4.38. The molecule has 1 heterocycles. The fourth-order valence-electron chi connectivity index (χ4n) is 3.12. The molecule has 1 aromatic rings. The van der Waals surface area contributed by atoms with E-state index in [4.69, 9.17) is 28.3 Å². The zero-order chi connectivity index (χ0) is 15.4. The number of rotatable bonds is 2. The summed E-state index contributed by atoms with van der Waals surface area (Å²) < 4.78 is 0. The number of fused-ring (bicyclic) bond motifs is 1. The minimum Gasteiger partial charge on any atom is -0.481 e. The van der Waals surface area contributed by atoms with Crippen molar-refractivity contribution in [1.82, 2.24) is 4.90 Å². The van der Waals surface area contributed by atoms with Crippen molar-refractivity contribution < 1.29 is 19.8 Å². The molecule has 7 heteroatoms. The van der Waals surface area contributed by atoms with Crippen LogP contribution in [-0.2, 0) is 10.2 Å². The van der Waals surface area contributed by atoms with Crippen LogP contribution in [0.2, 0.25) is 10.0 Å². The highest BCUT2D eigenvalue weighted by atomic mass is 35.5. The van der Waals surface area contributed by atoms with Crippen LogP contribution in [0.15, 0.2) is 30.5 Å². The average Bonchev–Trinajstić information content (AvgIpc) is 3.12. The van der Waals surface area contributed by atoms with E-state index in [9.17, 15) is 14.7 Å². The molecule has 0 unspecified atom stereocenters. The lowest BCUT2D eigenvalue weighted by Gasteiger charge is -2.29. The first-order valence-electron chi connectivity index (χ1n) is 6.20. The topological polar surface area (TPSA) is 77.8 Å². The number of carboxylic acids is 1. The van der Waals surface area contributed by atoms with Gasteiger partial charge in [0.2, 0.25) is 0 Å². The molecule has 110 valence electrons. The van der Waals surface area contributed by atoms with Gasteiger partial charge in [0.15, 0.2) is 0 Å². The van der Waals surface area contributed by atoms with Gasteiger partial charge in [0.1, 0.15) is 5.41 Å². The average molecular weight is 328 g/mol. The van der Waals surface area contributed by atoms with Gasteiger partial charge in [-0.3, -0.25) is 9.69 Å². The Balaban J connectivity index is 2.08. The van der Waals surface area contributed by atoms with Crippen molar-refractivity contribution in [2.24, 2.45) is 5.41 Å². The Morgan fingerprint density at radius 1 is 1.19 bits per heavy atom. The monoisotopic (exact) mass is 327 g/mol. The normalized spacial score (nSPS) is 29.9. The molecule has 0 saturated heterocycles. The van der Waals surface area contributed by atoms with Crippen LogP contribution in [0.5, 0.6) is 0 Å². The fraction of sp³-hybridized carbons (Fsp3) is 0.286. The molecular weight excluding hydrogens is 317 g/mol. The van der Waals surface area contributed by atoms with Crippen LogP contribution in [0.25, 0.3) is 0 Å². The summed E-state index contributed by atoms with van der Waals surface area (Å²) in [6.07, 6.45) is 2.23. The van der Waals surface area contributed by atoms with Crippen molar-refractivity contribution in [3.63, 3.8) is 0 Å². The molecule has 2 atom stereocenters. The zero-order valence-corrected chi connectivity index (χ0v) is 12.2. The molecule has 3 rings (SSSR count). The maximum absolute atomic E-state index is 11.7. The van der Waals surface area contributed by atoms with Gasteiger partial charge in [-0.1, -0.05) is 35.3 Å². The molecule has 1 aromatic carbocycles. The van der Waals surface area contributed by atoms with Gasteiger partial charge >= 0.3 is 12.1 Å². The van der Waals surface area contributed by atoms with E-state index < -0.39 is 22.9 Å². The molecule has 21 heavy (non-hydrogen) atoms. The quantitative estimate of drug-likeness (QED) is 0.874. The highest BCUT2D eigenvalue weighted by molar-refractivity contribution is 6.42. The van der Waals surface area contributed by atoms with Crippen LogP contribution in [0.3, 0.4) is 0 Å². The van der Waals surface area contributed by atoms with Gasteiger partial charge in [-0.2, -0.15) is 0 Å². The van der Waals surface area contributed by atoms with Gasteiger partial charge in [-0.25, -0.2) is 4.79 Å². The van der Waals surface area contributed by atoms with Crippen molar-refractivity contribution in [2.45, 2.75) is 11.8 Å². The number of carbonyl (C=O) groups is 2. The summed E-state index contributed by atoms with van der Waals surface area (Å²) in [5.41, 5.74) is -1.13. The number of amides is 1. The number of carboxylic acid groups (broad SMARTS) is 2. The number of benzene rings is 1. The molecule has 0 aromatic heterocycles. The number of nitrogens with zero attached hydrogens (tertiary/aromatic N) is 1. The highest BCUT2D eigenvalue weighted by Gasteiger charge is 2.73. The summed E-state index contributed by atoms with van der Waals surface area (Å²) >= 11 is 11.9. The van der Waals surface area contributed by atoms with Crippen molar-refractivity contribution in [3.8, 4) is 0 Å². The van der Waals surface area contributed by atoms with Gasteiger partial charge in [0.25, 0.3) is 0 Å². The SMILES string of the molecule is O=C(O)N1C=C[C@@]2(c3ccc(Cl)c(Cl)c3)C[C@@]2(C(=O)O)C1. The molecule has 5 nitrogen and oxygen atoms in total. The maximum Gasteiger partial charge on any atom is 0.411 e. The first kappa shape index (κ1) is 14.2. The van der Waals surface area contributed by atoms with Crippen LogP contribution in [0.1, 0.15) is 12.0 Å². The molecule has 1 aliphatic carbocycles. The number of aliphatic carboxylic acids is 1.